The summed E-state index contributed by atoms with van der Waals surface area (Å²) in [7, 11) is 0. The van der Waals surface area contributed by atoms with Gasteiger partial charge in [-0.15, -0.1) is 0 Å². The molecule has 0 heterocycles. The van der Waals surface area contributed by atoms with Gasteiger partial charge in [-0.05, 0) is 30.5 Å². The Morgan fingerprint density at radius 3 is 2.37 bits per heavy atom. The van der Waals surface area contributed by atoms with Crippen LogP contribution in [0, 0.1) is 17.6 Å². The highest BCUT2D eigenvalue weighted by Crippen LogP contribution is 2.10. The van der Waals surface area contributed by atoms with E-state index in [2.05, 4.69) is 5.32 Å². The predicted octanol–water partition coefficient (Wildman–Crippen LogP) is 2.19. The lowest BCUT2D eigenvalue weighted by Gasteiger charge is -2.16. The van der Waals surface area contributed by atoms with Crippen LogP contribution in [0.2, 0.25) is 0 Å². The molecule has 1 aromatic carbocycles. The molecule has 4 nitrogen and oxygen atoms in total. The molecule has 0 radical (unpaired) electrons. The minimum atomic E-state index is -1.16. The number of hydrogen-bond acceptors (Lipinski definition) is 2. The van der Waals surface area contributed by atoms with Gasteiger partial charge < -0.3 is 10.4 Å². The van der Waals surface area contributed by atoms with Gasteiger partial charge in [0.05, 0.1) is 0 Å². The van der Waals surface area contributed by atoms with Crippen molar-refractivity contribution in [1.29, 1.82) is 0 Å². The zero-order valence-electron chi connectivity index (χ0n) is 10.6. The van der Waals surface area contributed by atoms with Crippen molar-refractivity contribution >= 4 is 11.9 Å². The average Bonchev–Trinajstić information content (AvgIpc) is 2.31. The van der Waals surface area contributed by atoms with Crippen LogP contribution < -0.4 is 5.32 Å². The number of benzene rings is 1. The van der Waals surface area contributed by atoms with E-state index in [0.717, 1.165) is 18.2 Å². The van der Waals surface area contributed by atoms with Crippen molar-refractivity contribution in [3.8, 4) is 0 Å². The molecule has 19 heavy (non-hydrogen) atoms. The topological polar surface area (TPSA) is 66.4 Å². The Bertz CT molecular complexity index is 489. The fraction of sp³-hybridized carbons (Fsp3) is 0.385. The van der Waals surface area contributed by atoms with Crippen LogP contribution in [0.4, 0.5) is 8.78 Å². The SMILES string of the molecule is CC(C)C[C@H](NC(=O)c1ccc(F)c(F)c1)C(=O)O. The van der Waals surface area contributed by atoms with Crippen molar-refractivity contribution in [2.75, 3.05) is 0 Å². The summed E-state index contributed by atoms with van der Waals surface area (Å²) in [4.78, 5) is 22.7. The molecule has 1 atom stereocenters. The van der Waals surface area contributed by atoms with Crippen LogP contribution >= 0.6 is 0 Å². The maximum Gasteiger partial charge on any atom is 0.326 e. The van der Waals surface area contributed by atoms with E-state index in [1.54, 1.807) is 0 Å². The van der Waals surface area contributed by atoms with Crippen molar-refractivity contribution < 1.29 is 23.5 Å². The molecule has 0 aliphatic carbocycles. The van der Waals surface area contributed by atoms with Crippen LogP contribution in [-0.2, 0) is 4.79 Å². The number of carboxylic acid groups (broad SMARTS) is 1. The summed E-state index contributed by atoms with van der Waals surface area (Å²) in [6.07, 6.45) is 0.255. The molecular weight excluding hydrogens is 256 g/mol. The van der Waals surface area contributed by atoms with E-state index in [-0.39, 0.29) is 17.9 Å². The largest absolute Gasteiger partial charge is 0.480 e. The van der Waals surface area contributed by atoms with E-state index < -0.39 is 29.6 Å². The molecule has 0 aromatic heterocycles. The molecule has 0 aliphatic rings. The third-order valence-corrected chi connectivity index (χ3v) is 2.49. The predicted molar refractivity (Wildman–Crippen MR) is 64.7 cm³/mol. The number of carboxylic acids is 1. The fourth-order valence-electron chi connectivity index (χ4n) is 1.57. The molecule has 0 aliphatic heterocycles. The van der Waals surface area contributed by atoms with Crippen LogP contribution in [-0.4, -0.2) is 23.0 Å². The lowest BCUT2D eigenvalue weighted by atomic mass is 10.0. The number of carbonyl (C=O) groups excluding carboxylic acids is 1. The minimum absolute atomic E-state index is 0.0753. The monoisotopic (exact) mass is 271 g/mol. The van der Waals surface area contributed by atoms with Crippen molar-refractivity contribution in [3.05, 3.63) is 35.4 Å². The Kier molecular flexibility index (Phi) is 4.97. The highest BCUT2D eigenvalue weighted by Gasteiger charge is 2.22. The summed E-state index contributed by atoms with van der Waals surface area (Å²) in [6.45, 7) is 3.64. The number of rotatable bonds is 5. The van der Waals surface area contributed by atoms with Gasteiger partial charge in [0.1, 0.15) is 6.04 Å². The highest BCUT2D eigenvalue weighted by atomic mass is 19.2. The van der Waals surface area contributed by atoms with Crippen molar-refractivity contribution in [3.63, 3.8) is 0 Å². The summed E-state index contributed by atoms with van der Waals surface area (Å²) in [5.74, 6) is -4.04. The van der Waals surface area contributed by atoms with Gasteiger partial charge in [-0.3, -0.25) is 4.79 Å². The molecule has 0 bridgehead atoms. The molecule has 0 spiro atoms. The Hall–Kier alpha value is -1.98. The average molecular weight is 271 g/mol. The van der Waals surface area contributed by atoms with E-state index in [1.165, 1.54) is 0 Å². The molecule has 0 saturated heterocycles. The molecule has 2 N–H and O–H groups in total. The van der Waals surface area contributed by atoms with Gasteiger partial charge in [0.2, 0.25) is 0 Å². The van der Waals surface area contributed by atoms with Crippen LogP contribution in [0.25, 0.3) is 0 Å². The van der Waals surface area contributed by atoms with Crippen molar-refractivity contribution in [1.82, 2.24) is 5.32 Å². The second-order valence-electron chi connectivity index (χ2n) is 4.62. The number of hydrogen-bond donors (Lipinski definition) is 2. The first kappa shape index (κ1) is 15.1. The summed E-state index contributed by atoms with van der Waals surface area (Å²) in [5.41, 5.74) is -0.117. The summed E-state index contributed by atoms with van der Waals surface area (Å²) in [6, 6.07) is 1.60. The smallest absolute Gasteiger partial charge is 0.326 e. The Labute approximate surface area is 109 Å². The number of carbonyl (C=O) groups is 2. The van der Waals surface area contributed by atoms with E-state index in [0.29, 0.717) is 0 Å². The quantitative estimate of drug-likeness (QED) is 0.862. The van der Waals surface area contributed by atoms with Gasteiger partial charge in [-0.1, -0.05) is 13.8 Å². The van der Waals surface area contributed by atoms with Gasteiger partial charge in [0.25, 0.3) is 5.91 Å². The number of halogens is 2. The van der Waals surface area contributed by atoms with Gasteiger partial charge in [-0.2, -0.15) is 0 Å². The van der Waals surface area contributed by atoms with E-state index in [4.69, 9.17) is 5.11 Å². The van der Waals surface area contributed by atoms with Crippen LogP contribution in [0.15, 0.2) is 18.2 Å². The zero-order chi connectivity index (χ0) is 14.6. The molecule has 0 unspecified atom stereocenters. The van der Waals surface area contributed by atoms with Crippen LogP contribution in [0.1, 0.15) is 30.6 Å². The Morgan fingerprint density at radius 2 is 1.89 bits per heavy atom. The minimum Gasteiger partial charge on any atom is -0.480 e. The Morgan fingerprint density at radius 1 is 1.26 bits per heavy atom. The van der Waals surface area contributed by atoms with Gasteiger partial charge >= 0.3 is 5.97 Å². The third kappa shape index (κ3) is 4.31. The lowest BCUT2D eigenvalue weighted by Crippen LogP contribution is -2.41. The van der Waals surface area contributed by atoms with E-state index in [1.807, 2.05) is 13.8 Å². The van der Waals surface area contributed by atoms with Crippen molar-refractivity contribution in [2.45, 2.75) is 26.3 Å². The molecule has 0 fully saturated rings. The normalized spacial score (nSPS) is 12.3. The van der Waals surface area contributed by atoms with E-state index >= 15 is 0 Å². The second kappa shape index (κ2) is 6.26. The first-order valence-electron chi connectivity index (χ1n) is 5.80. The molecule has 0 saturated carbocycles. The number of aliphatic carboxylic acids is 1. The zero-order valence-corrected chi connectivity index (χ0v) is 10.6. The first-order chi connectivity index (χ1) is 8.81. The molecule has 1 aromatic rings. The Balaban J connectivity index is 2.81. The summed E-state index contributed by atoms with van der Waals surface area (Å²) >= 11 is 0. The lowest BCUT2D eigenvalue weighted by molar-refractivity contribution is -0.139. The van der Waals surface area contributed by atoms with E-state index in [9.17, 15) is 18.4 Å². The second-order valence-corrected chi connectivity index (χ2v) is 4.62. The fourth-order valence-corrected chi connectivity index (χ4v) is 1.57. The number of nitrogens with one attached hydrogen (secondary N) is 1. The number of amides is 1. The van der Waals surface area contributed by atoms with Gasteiger partial charge in [0, 0.05) is 5.56 Å². The third-order valence-electron chi connectivity index (χ3n) is 2.49. The maximum absolute atomic E-state index is 13.0. The van der Waals surface area contributed by atoms with Crippen LogP contribution in [0.3, 0.4) is 0 Å². The summed E-state index contributed by atoms with van der Waals surface area (Å²) in [5, 5.41) is 11.3. The molecule has 1 rings (SSSR count). The molecule has 104 valence electrons. The van der Waals surface area contributed by atoms with Gasteiger partial charge in [0.15, 0.2) is 11.6 Å². The molecule has 1 amide bonds. The first-order valence-corrected chi connectivity index (χ1v) is 5.80. The maximum atomic E-state index is 13.0. The standard InChI is InChI=1S/C13H15F2NO3/c1-7(2)5-11(13(18)19)16-12(17)8-3-4-9(14)10(15)6-8/h3-4,6-7,11H,5H2,1-2H3,(H,16,17)(H,18,19)/t11-/m0/s1. The van der Waals surface area contributed by atoms with Crippen molar-refractivity contribution in [2.24, 2.45) is 5.92 Å². The highest BCUT2D eigenvalue weighted by molar-refractivity contribution is 5.96. The summed E-state index contributed by atoms with van der Waals surface area (Å²) < 4.78 is 25.7. The van der Waals surface area contributed by atoms with Crippen LogP contribution in [0.5, 0.6) is 0 Å². The molecular formula is C13H15F2NO3. The van der Waals surface area contributed by atoms with Gasteiger partial charge in [-0.25, -0.2) is 13.6 Å². The molecule has 6 heteroatoms.